The van der Waals surface area contributed by atoms with Gasteiger partial charge in [-0.15, -0.1) is 0 Å². The number of rotatable bonds is 7. The molecule has 1 saturated carbocycles. The fraction of sp³-hybridized carbons (Fsp3) is 0.462. The first-order valence-electron chi connectivity index (χ1n) is 11.9. The first-order valence-corrected chi connectivity index (χ1v) is 13.2. The van der Waals surface area contributed by atoms with E-state index in [-0.39, 0.29) is 0 Å². The Morgan fingerprint density at radius 3 is 2.41 bits per heavy atom. The number of piperazine rings is 1. The highest BCUT2D eigenvalue weighted by atomic mass is 32.1. The summed E-state index contributed by atoms with van der Waals surface area (Å²) in [5.41, 5.74) is 3.09. The smallest absolute Gasteiger partial charge is 0.150 e. The summed E-state index contributed by atoms with van der Waals surface area (Å²) in [4.78, 5) is 7.45. The van der Waals surface area contributed by atoms with E-state index in [1.54, 1.807) is 11.5 Å². The van der Waals surface area contributed by atoms with Gasteiger partial charge in [-0.05, 0) is 80.4 Å². The van der Waals surface area contributed by atoms with Crippen molar-refractivity contribution in [3.63, 3.8) is 0 Å². The normalized spacial score (nSPS) is 22.2. The molecule has 2 heterocycles. The van der Waals surface area contributed by atoms with Crippen LogP contribution in [0.2, 0.25) is 0 Å². The van der Waals surface area contributed by atoms with E-state index in [1.807, 2.05) is 5.49 Å². The third kappa shape index (κ3) is 4.82. The Morgan fingerprint density at radius 2 is 1.66 bits per heavy atom. The first kappa shape index (κ1) is 21.8. The molecule has 3 aromatic rings. The molecule has 0 atom stereocenters. The molecule has 0 radical (unpaired) electrons. The van der Waals surface area contributed by atoms with Gasteiger partial charge < -0.3 is 9.80 Å². The molecule has 1 aromatic heterocycles. The van der Waals surface area contributed by atoms with Crippen LogP contribution in [-0.2, 0) is 0 Å². The molecule has 0 spiro atoms. The molecule has 5 rings (SSSR count). The average molecular weight is 465 g/mol. The molecule has 1 saturated heterocycles. The Morgan fingerprint density at radius 1 is 0.938 bits per heavy atom. The molecular formula is C26H32N4S2. The molecule has 2 fully saturated rings. The molecule has 0 N–H and O–H groups in total. The lowest BCUT2D eigenvalue weighted by atomic mass is 9.83. The summed E-state index contributed by atoms with van der Waals surface area (Å²) in [5.74, 6) is 2.04. The second-order valence-corrected chi connectivity index (χ2v) is 10.2. The van der Waals surface area contributed by atoms with Crippen LogP contribution in [0.1, 0.15) is 32.1 Å². The molecule has 32 heavy (non-hydrogen) atoms. The van der Waals surface area contributed by atoms with Gasteiger partial charge in [-0.3, -0.25) is 4.90 Å². The highest BCUT2D eigenvalue weighted by molar-refractivity contribution is 7.79. The number of benzene rings is 2. The number of hydrogen-bond acceptors (Lipinski definition) is 5. The zero-order valence-electron chi connectivity index (χ0n) is 18.6. The van der Waals surface area contributed by atoms with Gasteiger partial charge in [0.2, 0.25) is 0 Å². The van der Waals surface area contributed by atoms with Crippen molar-refractivity contribution in [3.8, 4) is 0 Å². The van der Waals surface area contributed by atoms with Crippen LogP contribution in [-0.4, -0.2) is 53.5 Å². The number of anilines is 2. The number of aromatic nitrogens is 1. The molecule has 6 heteroatoms. The minimum Gasteiger partial charge on any atom is -0.353 e. The van der Waals surface area contributed by atoms with E-state index < -0.39 is 0 Å². The van der Waals surface area contributed by atoms with Crippen molar-refractivity contribution in [1.82, 2.24) is 9.27 Å². The van der Waals surface area contributed by atoms with Crippen molar-refractivity contribution in [3.05, 3.63) is 54.6 Å². The third-order valence-electron chi connectivity index (χ3n) is 7.26. The number of para-hydroxylation sites is 1. The summed E-state index contributed by atoms with van der Waals surface area (Å²) < 4.78 is 6.04. The second kappa shape index (κ2) is 10.3. The standard InChI is InChI=1S/C26H32N4S2/c31-20-30(22-6-2-1-3-7-22)23-12-10-21(11-13-23)14-15-28-16-18-29(19-17-28)26-24-8-4-5-9-25(24)32-27-26/h1-9,20-21,23H,10-19H2/t21-,23+. The fourth-order valence-corrected chi connectivity index (χ4v) is 6.41. The first-order chi connectivity index (χ1) is 15.8. The van der Waals surface area contributed by atoms with Crippen LogP contribution in [0.5, 0.6) is 0 Å². The van der Waals surface area contributed by atoms with E-state index in [0.717, 1.165) is 32.1 Å². The molecule has 0 bridgehead atoms. The van der Waals surface area contributed by atoms with Crippen LogP contribution < -0.4 is 9.80 Å². The van der Waals surface area contributed by atoms with E-state index in [2.05, 4.69) is 69.3 Å². The van der Waals surface area contributed by atoms with E-state index >= 15 is 0 Å². The van der Waals surface area contributed by atoms with Crippen LogP contribution in [0.4, 0.5) is 11.5 Å². The Balaban J connectivity index is 1.07. The number of nitrogens with zero attached hydrogens (tertiary/aromatic N) is 4. The van der Waals surface area contributed by atoms with Crippen LogP contribution in [0, 0.1) is 5.92 Å². The number of hydrogen-bond donors (Lipinski definition) is 0. The van der Waals surface area contributed by atoms with Gasteiger partial charge >= 0.3 is 0 Å². The van der Waals surface area contributed by atoms with E-state index in [0.29, 0.717) is 6.04 Å². The van der Waals surface area contributed by atoms with Gasteiger partial charge in [0.15, 0.2) is 0 Å². The molecule has 4 nitrogen and oxygen atoms in total. The predicted molar refractivity (Wildman–Crippen MR) is 141 cm³/mol. The summed E-state index contributed by atoms with van der Waals surface area (Å²) >= 11 is 6.98. The molecule has 1 aliphatic heterocycles. The summed E-state index contributed by atoms with van der Waals surface area (Å²) in [6, 6.07) is 19.8. The van der Waals surface area contributed by atoms with Crippen molar-refractivity contribution < 1.29 is 0 Å². The SMILES string of the molecule is S=CN(c1ccccc1)[C@H]1CC[C@@H](CCN2CCN(c3nsc4ccccc34)CC2)CC1. The quantitative estimate of drug-likeness (QED) is 0.409. The van der Waals surface area contributed by atoms with Crippen LogP contribution >= 0.6 is 23.8 Å². The van der Waals surface area contributed by atoms with Gasteiger partial charge in [0.25, 0.3) is 0 Å². The van der Waals surface area contributed by atoms with Crippen molar-refractivity contribution in [2.24, 2.45) is 5.92 Å². The molecular weight excluding hydrogens is 432 g/mol. The zero-order chi connectivity index (χ0) is 21.8. The summed E-state index contributed by atoms with van der Waals surface area (Å²) in [7, 11) is 0. The molecule has 2 aliphatic rings. The molecule has 0 unspecified atom stereocenters. The summed E-state index contributed by atoms with van der Waals surface area (Å²) in [6.45, 7) is 5.70. The maximum Gasteiger partial charge on any atom is 0.150 e. The summed E-state index contributed by atoms with van der Waals surface area (Å²) in [5, 5.41) is 1.31. The second-order valence-electron chi connectivity index (χ2n) is 9.14. The lowest BCUT2D eigenvalue weighted by molar-refractivity contribution is 0.217. The van der Waals surface area contributed by atoms with Crippen molar-refractivity contribution in [2.45, 2.75) is 38.1 Å². The van der Waals surface area contributed by atoms with E-state index in [9.17, 15) is 0 Å². The number of thiocarbonyl (C=S) groups is 1. The summed E-state index contributed by atoms with van der Waals surface area (Å²) in [6.07, 6.45) is 6.47. The third-order valence-corrected chi connectivity index (χ3v) is 8.31. The van der Waals surface area contributed by atoms with Gasteiger partial charge in [-0.25, -0.2) is 0 Å². The molecule has 0 amide bonds. The van der Waals surface area contributed by atoms with Gasteiger partial charge in [-0.1, -0.05) is 42.5 Å². The van der Waals surface area contributed by atoms with Crippen LogP contribution in [0.3, 0.4) is 0 Å². The lowest BCUT2D eigenvalue weighted by Crippen LogP contribution is -2.47. The molecule has 2 aromatic carbocycles. The molecule has 1 aliphatic carbocycles. The minimum atomic E-state index is 0.558. The average Bonchev–Trinajstić information content (AvgIpc) is 3.29. The van der Waals surface area contributed by atoms with E-state index in [4.69, 9.17) is 16.6 Å². The minimum absolute atomic E-state index is 0.558. The highest BCUT2D eigenvalue weighted by Crippen LogP contribution is 2.32. The van der Waals surface area contributed by atoms with Gasteiger partial charge in [0.1, 0.15) is 5.82 Å². The monoisotopic (exact) mass is 464 g/mol. The van der Waals surface area contributed by atoms with Crippen LogP contribution in [0.15, 0.2) is 54.6 Å². The van der Waals surface area contributed by atoms with Gasteiger partial charge in [-0.2, -0.15) is 4.37 Å². The van der Waals surface area contributed by atoms with E-state index in [1.165, 1.54) is 60.2 Å². The Bertz CT molecular complexity index is 1000. The molecule has 168 valence electrons. The Hall–Kier alpha value is -2.02. The largest absolute Gasteiger partial charge is 0.353 e. The highest BCUT2D eigenvalue weighted by Gasteiger charge is 2.26. The van der Waals surface area contributed by atoms with Gasteiger partial charge in [0, 0.05) is 43.3 Å². The van der Waals surface area contributed by atoms with Crippen molar-refractivity contribution >= 4 is 50.8 Å². The topological polar surface area (TPSA) is 22.6 Å². The predicted octanol–water partition coefficient (Wildman–Crippen LogP) is 5.83. The Kier molecular flexibility index (Phi) is 7.00. The van der Waals surface area contributed by atoms with Gasteiger partial charge in [0.05, 0.1) is 10.2 Å². The van der Waals surface area contributed by atoms with Crippen LogP contribution in [0.25, 0.3) is 10.1 Å². The number of fused-ring (bicyclic) bond motifs is 1. The zero-order valence-corrected chi connectivity index (χ0v) is 20.2. The maximum atomic E-state index is 5.35. The van der Waals surface area contributed by atoms with Crippen molar-refractivity contribution in [1.29, 1.82) is 0 Å². The fourth-order valence-electron chi connectivity index (χ4n) is 5.32. The van der Waals surface area contributed by atoms with Crippen molar-refractivity contribution in [2.75, 3.05) is 42.5 Å². The Labute approximate surface area is 201 Å². The maximum absolute atomic E-state index is 5.35. The lowest BCUT2D eigenvalue weighted by Gasteiger charge is -2.38.